The van der Waals surface area contributed by atoms with Crippen LogP contribution in [0.4, 0.5) is 0 Å². The minimum absolute atomic E-state index is 0.00549. The van der Waals surface area contributed by atoms with Gasteiger partial charge in [0.15, 0.2) is 5.76 Å². The molecule has 33 heavy (non-hydrogen) atoms. The van der Waals surface area contributed by atoms with Crippen LogP contribution < -0.4 is 4.74 Å². The lowest BCUT2D eigenvalue weighted by Gasteiger charge is -2.24. The molecule has 1 amide bonds. The number of pyridine rings is 1. The maximum Gasteiger partial charge on any atom is 0.228 e. The van der Waals surface area contributed by atoms with Crippen molar-refractivity contribution in [2.45, 2.75) is 51.6 Å². The molecule has 0 radical (unpaired) electrons. The third-order valence-electron chi connectivity index (χ3n) is 6.70. The first-order valence-corrected chi connectivity index (χ1v) is 11.5. The molecule has 5 rings (SSSR count). The van der Waals surface area contributed by atoms with E-state index in [4.69, 9.17) is 9.15 Å². The molecule has 7 heteroatoms. The fourth-order valence-electron chi connectivity index (χ4n) is 5.22. The molecule has 1 aromatic carbocycles. The van der Waals surface area contributed by atoms with Crippen LogP contribution in [0.25, 0.3) is 22.8 Å². The molecular formula is C26H29N3O4. The molecule has 3 aromatic rings. The van der Waals surface area contributed by atoms with Gasteiger partial charge in [0, 0.05) is 42.2 Å². The number of benzene rings is 1. The van der Waals surface area contributed by atoms with Crippen molar-refractivity contribution in [3.63, 3.8) is 0 Å². The quantitative estimate of drug-likeness (QED) is 0.616. The van der Waals surface area contributed by atoms with Gasteiger partial charge in [0.2, 0.25) is 17.7 Å². The third kappa shape index (κ3) is 3.80. The summed E-state index contributed by atoms with van der Waals surface area (Å²) in [6.45, 7) is 6.97. The molecule has 2 aromatic heterocycles. The van der Waals surface area contributed by atoms with Gasteiger partial charge in [-0.15, -0.1) is 0 Å². The smallest absolute Gasteiger partial charge is 0.228 e. The number of carbonyl (C=O) groups is 1. The fraction of sp³-hybridized carbons (Fsp3) is 0.423. The molecule has 1 spiro atoms. The van der Waals surface area contributed by atoms with Crippen LogP contribution in [0.5, 0.6) is 5.88 Å². The van der Waals surface area contributed by atoms with Crippen LogP contribution in [-0.4, -0.2) is 51.7 Å². The van der Waals surface area contributed by atoms with Gasteiger partial charge in [0.25, 0.3) is 0 Å². The summed E-state index contributed by atoms with van der Waals surface area (Å²) in [4.78, 5) is 23.3. The number of aromatic nitrogens is 2. The molecule has 1 fully saturated rings. The van der Waals surface area contributed by atoms with Crippen LogP contribution >= 0.6 is 0 Å². The van der Waals surface area contributed by atoms with E-state index >= 15 is 0 Å². The van der Waals surface area contributed by atoms with Crippen molar-refractivity contribution in [2.75, 3.05) is 19.7 Å². The van der Waals surface area contributed by atoms with Gasteiger partial charge in [0.05, 0.1) is 24.5 Å². The largest absolute Gasteiger partial charge is 0.475 e. The summed E-state index contributed by atoms with van der Waals surface area (Å²) in [6, 6.07) is 8.21. The molecule has 3 heterocycles. The Bertz CT molecular complexity index is 1200. The Morgan fingerprint density at radius 1 is 1.27 bits per heavy atom. The molecule has 0 bridgehead atoms. The van der Waals surface area contributed by atoms with E-state index in [-0.39, 0.29) is 24.0 Å². The van der Waals surface area contributed by atoms with E-state index in [9.17, 15) is 9.90 Å². The predicted octanol–water partition coefficient (Wildman–Crippen LogP) is 3.91. The highest BCUT2D eigenvalue weighted by Crippen LogP contribution is 2.48. The Kier molecular flexibility index (Phi) is 5.44. The Labute approximate surface area is 193 Å². The fourth-order valence-corrected chi connectivity index (χ4v) is 5.22. The summed E-state index contributed by atoms with van der Waals surface area (Å²) >= 11 is 0. The first-order valence-electron chi connectivity index (χ1n) is 11.5. The van der Waals surface area contributed by atoms with Crippen molar-refractivity contribution >= 4 is 5.91 Å². The predicted molar refractivity (Wildman–Crippen MR) is 124 cm³/mol. The molecule has 1 saturated heterocycles. The molecule has 1 atom stereocenters. The summed E-state index contributed by atoms with van der Waals surface area (Å²) in [5.74, 6) is 1.98. The number of hydrogen-bond acceptors (Lipinski definition) is 6. The van der Waals surface area contributed by atoms with Crippen molar-refractivity contribution in [3.8, 4) is 28.7 Å². The zero-order valence-corrected chi connectivity index (χ0v) is 19.3. The number of aliphatic hydroxyl groups is 1. The number of amides is 1. The first-order chi connectivity index (χ1) is 15.9. The van der Waals surface area contributed by atoms with E-state index in [1.165, 1.54) is 11.1 Å². The van der Waals surface area contributed by atoms with Gasteiger partial charge in [-0.25, -0.2) is 9.97 Å². The summed E-state index contributed by atoms with van der Waals surface area (Å²) in [6.07, 6.45) is 5.87. The van der Waals surface area contributed by atoms with E-state index in [0.717, 1.165) is 35.3 Å². The second-order valence-corrected chi connectivity index (χ2v) is 9.37. The second kappa shape index (κ2) is 8.30. The molecule has 1 aliphatic heterocycles. The van der Waals surface area contributed by atoms with Crippen LogP contribution in [0.2, 0.25) is 0 Å². The first kappa shape index (κ1) is 21.6. The molecule has 0 saturated carbocycles. The Morgan fingerprint density at radius 3 is 2.88 bits per heavy atom. The Hall–Kier alpha value is -3.19. The lowest BCUT2D eigenvalue weighted by molar-refractivity contribution is -0.128. The van der Waals surface area contributed by atoms with Crippen LogP contribution in [0.15, 0.2) is 41.1 Å². The summed E-state index contributed by atoms with van der Waals surface area (Å²) in [7, 11) is 0. The molecule has 1 aliphatic carbocycles. The van der Waals surface area contributed by atoms with E-state index in [2.05, 4.69) is 22.1 Å². The number of aliphatic hydroxyl groups excluding tert-OH is 1. The number of aryl methyl sites for hydroxylation is 1. The van der Waals surface area contributed by atoms with Crippen LogP contribution in [0.1, 0.15) is 43.4 Å². The minimum atomic E-state index is -0.173. The highest BCUT2D eigenvalue weighted by atomic mass is 16.5. The average molecular weight is 448 g/mol. The zero-order chi connectivity index (χ0) is 23.2. The van der Waals surface area contributed by atoms with Crippen LogP contribution in [0, 0.1) is 6.92 Å². The van der Waals surface area contributed by atoms with Gasteiger partial charge in [-0.05, 0) is 50.8 Å². The van der Waals surface area contributed by atoms with E-state index in [1.54, 1.807) is 17.3 Å². The van der Waals surface area contributed by atoms with Gasteiger partial charge in [-0.1, -0.05) is 18.2 Å². The van der Waals surface area contributed by atoms with Crippen LogP contribution in [0.3, 0.4) is 0 Å². The molecule has 7 nitrogen and oxygen atoms in total. The SMILES string of the molecule is Cc1cc(-c2ncc(-c3cccc4c3CCC43CC(=O)N(CCO)C3)o2)cnc1OC(C)C. The Balaban J connectivity index is 1.45. The topological polar surface area (TPSA) is 88.7 Å². The number of nitrogens with zero attached hydrogens (tertiary/aromatic N) is 3. The van der Waals surface area contributed by atoms with Gasteiger partial charge < -0.3 is 19.2 Å². The number of ether oxygens (including phenoxy) is 1. The van der Waals surface area contributed by atoms with Crippen molar-refractivity contribution in [3.05, 3.63) is 53.3 Å². The number of hydrogen-bond donors (Lipinski definition) is 1. The van der Waals surface area contributed by atoms with Gasteiger partial charge in [-0.3, -0.25) is 4.79 Å². The summed E-state index contributed by atoms with van der Waals surface area (Å²) in [5, 5.41) is 9.31. The number of carbonyl (C=O) groups excluding carboxylic acids is 1. The summed E-state index contributed by atoms with van der Waals surface area (Å²) < 4.78 is 11.9. The second-order valence-electron chi connectivity index (χ2n) is 9.37. The molecule has 2 aliphatic rings. The van der Waals surface area contributed by atoms with Crippen molar-refractivity contribution in [1.82, 2.24) is 14.9 Å². The molecule has 1 unspecified atom stereocenters. The number of β-amino-alcohol motifs (C(OH)–C–C–N with tert-alkyl or cyclic N) is 1. The number of oxazole rings is 1. The molecular weight excluding hydrogens is 418 g/mol. The van der Waals surface area contributed by atoms with Crippen LogP contribution in [-0.2, 0) is 16.6 Å². The van der Waals surface area contributed by atoms with Gasteiger partial charge >= 0.3 is 0 Å². The monoisotopic (exact) mass is 447 g/mol. The molecule has 1 N–H and O–H groups in total. The number of fused-ring (bicyclic) bond motifs is 2. The van der Waals surface area contributed by atoms with Crippen molar-refractivity contribution in [1.29, 1.82) is 0 Å². The lowest BCUT2D eigenvalue weighted by atomic mass is 9.80. The van der Waals surface area contributed by atoms with E-state index in [0.29, 0.717) is 31.3 Å². The highest BCUT2D eigenvalue weighted by molar-refractivity contribution is 5.82. The standard InChI is InChI=1S/C26H29N3O4/c1-16(2)32-24-17(3)11-18(13-27-24)25-28-14-22(33-25)20-5-4-6-21-19(20)7-8-26(21)12-23(31)29(15-26)9-10-30/h4-6,11,13-14,16,30H,7-10,12,15H2,1-3H3. The van der Waals surface area contributed by atoms with Crippen molar-refractivity contribution in [2.24, 2.45) is 0 Å². The summed E-state index contributed by atoms with van der Waals surface area (Å²) in [5.41, 5.74) is 5.05. The maximum absolute atomic E-state index is 12.5. The highest BCUT2D eigenvalue weighted by Gasteiger charge is 2.48. The van der Waals surface area contributed by atoms with E-state index < -0.39 is 0 Å². The lowest BCUT2D eigenvalue weighted by Crippen LogP contribution is -2.32. The normalized spacial score (nSPS) is 19.7. The zero-order valence-electron chi connectivity index (χ0n) is 19.3. The minimum Gasteiger partial charge on any atom is -0.475 e. The average Bonchev–Trinajstić information content (AvgIpc) is 3.48. The van der Waals surface area contributed by atoms with Crippen molar-refractivity contribution < 1.29 is 19.1 Å². The number of rotatable bonds is 6. The number of likely N-dealkylation sites (tertiary alicyclic amines) is 1. The van der Waals surface area contributed by atoms with E-state index in [1.807, 2.05) is 32.9 Å². The maximum atomic E-state index is 12.5. The third-order valence-corrected chi connectivity index (χ3v) is 6.70. The van der Waals surface area contributed by atoms with Gasteiger partial charge in [0.1, 0.15) is 0 Å². The van der Waals surface area contributed by atoms with Gasteiger partial charge in [-0.2, -0.15) is 0 Å². The Morgan fingerprint density at radius 2 is 2.12 bits per heavy atom. The molecule has 172 valence electrons.